The predicted octanol–water partition coefficient (Wildman–Crippen LogP) is 2.86. The van der Waals surface area contributed by atoms with Crippen LogP contribution in [0.25, 0.3) is 0 Å². The number of nitrogens with zero attached hydrogens (tertiary/aromatic N) is 3. The van der Waals surface area contributed by atoms with Crippen LogP contribution in [0.3, 0.4) is 0 Å². The Morgan fingerprint density at radius 2 is 1.86 bits per heavy atom. The van der Waals surface area contributed by atoms with E-state index in [1.54, 1.807) is 17.3 Å². The van der Waals surface area contributed by atoms with Gasteiger partial charge in [-0.05, 0) is 43.4 Å². The average Bonchev–Trinajstić information content (AvgIpc) is 2.40. The Morgan fingerprint density at radius 1 is 1.29 bits per heavy atom. The average molecular weight is 405 g/mol. The van der Waals surface area contributed by atoms with Gasteiger partial charge in [0.2, 0.25) is 0 Å². The second kappa shape index (κ2) is 6.76. The van der Waals surface area contributed by atoms with Crippen molar-refractivity contribution >= 4 is 28.7 Å². The summed E-state index contributed by atoms with van der Waals surface area (Å²) in [4.78, 5) is 21.9. The van der Waals surface area contributed by atoms with Gasteiger partial charge < -0.3 is 14.4 Å². The molecule has 0 unspecified atom stereocenters. The van der Waals surface area contributed by atoms with Crippen LogP contribution in [-0.4, -0.2) is 45.8 Å². The van der Waals surface area contributed by atoms with E-state index >= 15 is 0 Å². The van der Waals surface area contributed by atoms with Crippen LogP contribution < -0.4 is 4.74 Å². The van der Waals surface area contributed by atoms with E-state index in [1.165, 1.54) is 0 Å². The van der Waals surface area contributed by atoms with Gasteiger partial charge in [0.05, 0.1) is 0 Å². The Labute approximate surface area is 138 Å². The Morgan fingerprint density at radius 3 is 2.38 bits per heavy atom. The summed E-state index contributed by atoms with van der Waals surface area (Å²) >= 11 is 2.15. The van der Waals surface area contributed by atoms with Gasteiger partial charge in [0.15, 0.2) is 0 Å². The van der Waals surface area contributed by atoms with Gasteiger partial charge in [-0.25, -0.2) is 14.8 Å². The summed E-state index contributed by atoms with van der Waals surface area (Å²) in [6.07, 6.45) is 4.75. The first-order valence-electron chi connectivity index (χ1n) is 6.95. The molecule has 0 bridgehead atoms. The Bertz CT molecular complexity index is 479. The van der Waals surface area contributed by atoms with Crippen LogP contribution in [0.2, 0.25) is 0 Å². The number of hydrogen-bond donors (Lipinski definition) is 0. The fourth-order valence-electron chi connectivity index (χ4n) is 1.99. The van der Waals surface area contributed by atoms with Crippen LogP contribution in [0.4, 0.5) is 4.79 Å². The Balaban J connectivity index is 1.80. The third kappa shape index (κ3) is 5.29. The summed E-state index contributed by atoms with van der Waals surface area (Å²) in [5, 5.41) is 0. The monoisotopic (exact) mass is 405 g/mol. The van der Waals surface area contributed by atoms with Gasteiger partial charge in [-0.15, -0.1) is 0 Å². The summed E-state index contributed by atoms with van der Waals surface area (Å²) in [6.45, 7) is 6.87. The van der Waals surface area contributed by atoms with E-state index in [9.17, 15) is 4.79 Å². The van der Waals surface area contributed by atoms with E-state index in [1.807, 2.05) is 20.8 Å². The van der Waals surface area contributed by atoms with E-state index in [0.717, 1.165) is 16.4 Å². The van der Waals surface area contributed by atoms with Gasteiger partial charge in [0, 0.05) is 41.9 Å². The Kier molecular flexibility index (Phi) is 5.23. The van der Waals surface area contributed by atoms with E-state index in [0.29, 0.717) is 19.1 Å². The molecule has 0 radical (unpaired) electrons. The first kappa shape index (κ1) is 16.3. The highest BCUT2D eigenvalue weighted by Gasteiger charge is 2.27. The lowest BCUT2D eigenvalue weighted by molar-refractivity contribution is 0.0119. The minimum atomic E-state index is -0.459. The smallest absolute Gasteiger partial charge is 0.410 e. The maximum absolute atomic E-state index is 12.0. The normalized spacial score (nSPS) is 16.7. The molecule has 0 aromatic carbocycles. The van der Waals surface area contributed by atoms with E-state index in [2.05, 4.69) is 32.6 Å². The highest BCUT2D eigenvalue weighted by atomic mass is 127. The van der Waals surface area contributed by atoms with Crippen molar-refractivity contribution in [1.82, 2.24) is 14.9 Å². The molecule has 0 spiro atoms. The molecule has 21 heavy (non-hydrogen) atoms. The molecular weight excluding hydrogens is 385 g/mol. The molecular formula is C14H20IN3O3. The molecule has 116 valence electrons. The van der Waals surface area contributed by atoms with Crippen molar-refractivity contribution in [3.8, 4) is 6.01 Å². The zero-order valence-electron chi connectivity index (χ0n) is 12.5. The van der Waals surface area contributed by atoms with E-state index in [-0.39, 0.29) is 12.2 Å². The molecule has 7 heteroatoms. The SMILES string of the molecule is CC(C)(C)OC(=O)N1CCC(Oc2ncc(I)cn2)CC1. The summed E-state index contributed by atoms with van der Waals surface area (Å²) in [7, 11) is 0. The fraction of sp³-hybridized carbons (Fsp3) is 0.643. The van der Waals surface area contributed by atoms with Gasteiger partial charge in [0.25, 0.3) is 0 Å². The van der Waals surface area contributed by atoms with Crippen molar-refractivity contribution in [1.29, 1.82) is 0 Å². The molecule has 1 saturated heterocycles. The van der Waals surface area contributed by atoms with Crippen molar-refractivity contribution in [3.63, 3.8) is 0 Å². The van der Waals surface area contributed by atoms with Gasteiger partial charge in [-0.3, -0.25) is 0 Å². The first-order valence-corrected chi connectivity index (χ1v) is 8.03. The van der Waals surface area contributed by atoms with Crippen LogP contribution in [0, 0.1) is 3.57 Å². The van der Waals surface area contributed by atoms with E-state index < -0.39 is 5.60 Å². The van der Waals surface area contributed by atoms with Crippen LogP contribution in [0.1, 0.15) is 33.6 Å². The predicted molar refractivity (Wildman–Crippen MR) is 86.2 cm³/mol. The maximum Gasteiger partial charge on any atom is 0.410 e. The molecule has 2 heterocycles. The second-order valence-electron chi connectivity index (χ2n) is 5.97. The van der Waals surface area contributed by atoms with Crippen LogP contribution in [0.15, 0.2) is 12.4 Å². The van der Waals surface area contributed by atoms with Crippen LogP contribution >= 0.6 is 22.6 Å². The minimum absolute atomic E-state index is 0.0451. The van der Waals surface area contributed by atoms with Crippen molar-refractivity contribution in [2.75, 3.05) is 13.1 Å². The summed E-state index contributed by atoms with van der Waals surface area (Å²) in [5.74, 6) is 0. The number of halogens is 1. The number of ether oxygens (including phenoxy) is 2. The molecule has 1 aliphatic heterocycles. The molecule has 1 fully saturated rings. The quantitative estimate of drug-likeness (QED) is 0.709. The topological polar surface area (TPSA) is 64.5 Å². The number of piperidine rings is 1. The first-order chi connectivity index (χ1) is 9.83. The van der Waals surface area contributed by atoms with E-state index in [4.69, 9.17) is 9.47 Å². The number of amides is 1. The Hall–Kier alpha value is -1.12. The number of carbonyl (C=O) groups is 1. The molecule has 1 aromatic rings. The lowest BCUT2D eigenvalue weighted by atomic mass is 10.1. The van der Waals surface area contributed by atoms with Gasteiger partial charge in [-0.2, -0.15) is 0 Å². The summed E-state index contributed by atoms with van der Waals surface area (Å²) < 4.78 is 12.1. The standard InChI is InChI=1S/C14H20IN3O3/c1-14(2,3)21-13(19)18-6-4-11(5-7-18)20-12-16-8-10(15)9-17-12/h8-9,11H,4-7H2,1-3H3. The minimum Gasteiger partial charge on any atom is -0.460 e. The second-order valence-corrected chi connectivity index (χ2v) is 7.21. The van der Waals surface area contributed by atoms with Crippen molar-refractivity contribution in [3.05, 3.63) is 16.0 Å². The molecule has 2 rings (SSSR count). The molecule has 0 saturated carbocycles. The highest BCUT2D eigenvalue weighted by molar-refractivity contribution is 14.1. The summed E-state index contributed by atoms with van der Waals surface area (Å²) in [6, 6.07) is 0.395. The van der Waals surface area contributed by atoms with Gasteiger partial charge >= 0.3 is 12.1 Å². The van der Waals surface area contributed by atoms with Crippen LogP contribution in [-0.2, 0) is 4.74 Å². The zero-order chi connectivity index (χ0) is 15.5. The number of carbonyl (C=O) groups excluding carboxylic acids is 1. The van der Waals surface area contributed by atoms with Crippen LogP contribution in [0.5, 0.6) is 6.01 Å². The molecule has 1 aliphatic rings. The molecule has 1 amide bonds. The number of aromatic nitrogens is 2. The lowest BCUT2D eigenvalue weighted by Crippen LogP contribution is -2.44. The largest absolute Gasteiger partial charge is 0.460 e. The van der Waals surface area contributed by atoms with Crippen molar-refractivity contribution < 1.29 is 14.3 Å². The highest BCUT2D eigenvalue weighted by Crippen LogP contribution is 2.18. The number of rotatable bonds is 2. The third-order valence-corrected chi connectivity index (χ3v) is 3.52. The van der Waals surface area contributed by atoms with Crippen molar-refractivity contribution in [2.45, 2.75) is 45.3 Å². The van der Waals surface area contributed by atoms with Gasteiger partial charge in [0.1, 0.15) is 11.7 Å². The number of likely N-dealkylation sites (tertiary alicyclic amines) is 1. The molecule has 0 N–H and O–H groups in total. The summed E-state index contributed by atoms with van der Waals surface area (Å²) in [5.41, 5.74) is -0.459. The zero-order valence-corrected chi connectivity index (χ0v) is 14.7. The fourth-order valence-corrected chi connectivity index (χ4v) is 2.27. The molecule has 1 aromatic heterocycles. The lowest BCUT2D eigenvalue weighted by Gasteiger charge is -2.33. The molecule has 6 nitrogen and oxygen atoms in total. The number of hydrogen-bond acceptors (Lipinski definition) is 5. The third-order valence-electron chi connectivity index (χ3n) is 2.96. The van der Waals surface area contributed by atoms with Gasteiger partial charge in [-0.1, -0.05) is 0 Å². The molecule has 0 aliphatic carbocycles. The van der Waals surface area contributed by atoms with Crippen molar-refractivity contribution in [2.24, 2.45) is 0 Å². The molecule has 0 atom stereocenters. The maximum atomic E-state index is 12.0.